The molecule has 0 aromatic carbocycles. The third-order valence-corrected chi connectivity index (χ3v) is 4.02. The number of piperazine rings is 1. The molecule has 5 nitrogen and oxygen atoms in total. The molecule has 0 unspecified atom stereocenters. The Bertz CT molecular complexity index is 497. The molecule has 1 aliphatic carbocycles. The number of carboxylic acid groups (broad SMARTS) is 1. The number of aromatic carboxylic acids is 1. The molecule has 1 saturated heterocycles. The number of rotatable bonds is 3. The van der Waals surface area contributed by atoms with Crippen LogP contribution in [0.15, 0.2) is 12.3 Å². The number of hydrogen-bond donors (Lipinski definition) is 1. The van der Waals surface area contributed by atoms with Crippen molar-refractivity contribution in [1.82, 2.24) is 9.88 Å². The molecule has 19 heavy (non-hydrogen) atoms. The van der Waals surface area contributed by atoms with Gasteiger partial charge in [0.2, 0.25) is 0 Å². The molecule has 1 aliphatic heterocycles. The highest BCUT2D eigenvalue weighted by Gasteiger charge is 2.31. The molecule has 1 saturated carbocycles. The largest absolute Gasteiger partial charge is 0.478 e. The summed E-state index contributed by atoms with van der Waals surface area (Å²) in [4.78, 5) is 19.7. The van der Waals surface area contributed by atoms with Crippen LogP contribution in [0.4, 0.5) is 5.82 Å². The number of carboxylic acids is 1. The molecule has 1 aromatic rings. The fourth-order valence-electron chi connectivity index (χ4n) is 2.52. The monoisotopic (exact) mass is 281 g/mol. The van der Waals surface area contributed by atoms with Crippen molar-refractivity contribution in [2.24, 2.45) is 0 Å². The highest BCUT2D eigenvalue weighted by Crippen LogP contribution is 2.30. The van der Waals surface area contributed by atoms with E-state index in [-0.39, 0.29) is 5.56 Å². The smallest absolute Gasteiger partial charge is 0.337 e. The van der Waals surface area contributed by atoms with Gasteiger partial charge in [0, 0.05) is 38.4 Å². The second kappa shape index (κ2) is 4.98. The van der Waals surface area contributed by atoms with Crippen LogP contribution in [-0.4, -0.2) is 53.2 Å². The van der Waals surface area contributed by atoms with Crippen LogP contribution in [0.1, 0.15) is 23.2 Å². The van der Waals surface area contributed by atoms with E-state index in [1.165, 1.54) is 25.1 Å². The highest BCUT2D eigenvalue weighted by atomic mass is 35.5. The molecule has 2 heterocycles. The van der Waals surface area contributed by atoms with Crippen LogP contribution in [0.3, 0.4) is 0 Å². The van der Waals surface area contributed by atoms with E-state index >= 15 is 0 Å². The van der Waals surface area contributed by atoms with Crippen molar-refractivity contribution < 1.29 is 9.90 Å². The van der Waals surface area contributed by atoms with Gasteiger partial charge in [0.15, 0.2) is 0 Å². The van der Waals surface area contributed by atoms with Crippen LogP contribution in [-0.2, 0) is 0 Å². The lowest BCUT2D eigenvalue weighted by atomic mass is 10.2. The van der Waals surface area contributed by atoms with Gasteiger partial charge in [-0.2, -0.15) is 0 Å². The van der Waals surface area contributed by atoms with Crippen molar-refractivity contribution in [2.75, 3.05) is 31.1 Å². The third kappa shape index (κ3) is 2.67. The maximum atomic E-state index is 10.8. The topological polar surface area (TPSA) is 56.7 Å². The Morgan fingerprint density at radius 2 is 2.00 bits per heavy atom. The summed E-state index contributed by atoms with van der Waals surface area (Å²) in [5, 5.41) is 9.31. The minimum atomic E-state index is -1.00. The van der Waals surface area contributed by atoms with Crippen LogP contribution < -0.4 is 4.90 Å². The summed E-state index contributed by atoms with van der Waals surface area (Å²) < 4.78 is 0. The number of anilines is 1. The van der Waals surface area contributed by atoms with Gasteiger partial charge in [-0.3, -0.25) is 4.90 Å². The van der Waals surface area contributed by atoms with E-state index in [0.29, 0.717) is 10.8 Å². The summed E-state index contributed by atoms with van der Waals surface area (Å²) in [6.07, 6.45) is 4.02. The van der Waals surface area contributed by atoms with Crippen molar-refractivity contribution in [3.8, 4) is 0 Å². The Hall–Kier alpha value is -1.33. The molecular weight excluding hydrogens is 266 g/mol. The van der Waals surface area contributed by atoms with E-state index in [4.69, 9.17) is 16.7 Å². The third-order valence-electron chi connectivity index (χ3n) is 3.75. The Labute approximate surface area is 116 Å². The molecule has 102 valence electrons. The highest BCUT2D eigenvalue weighted by molar-refractivity contribution is 6.33. The summed E-state index contributed by atoms with van der Waals surface area (Å²) in [6.45, 7) is 3.86. The van der Waals surface area contributed by atoms with Gasteiger partial charge in [-0.25, -0.2) is 9.78 Å². The molecule has 0 radical (unpaired) electrons. The maximum Gasteiger partial charge on any atom is 0.337 e. The lowest BCUT2D eigenvalue weighted by molar-refractivity contribution is 0.0696. The normalized spacial score (nSPS) is 20.6. The Balaban J connectivity index is 1.70. The minimum Gasteiger partial charge on any atom is -0.478 e. The van der Waals surface area contributed by atoms with Crippen molar-refractivity contribution in [3.05, 3.63) is 22.8 Å². The van der Waals surface area contributed by atoms with Crippen molar-refractivity contribution in [1.29, 1.82) is 0 Å². The summed E-state index contributed by atoms with van der Waals surface area (Å²) in [6, 6.07) is 2.26. The fraction of sp³-hybridized carbons (Fsp3) is 0.538. The van der Waals surface area contributed by atoms with Crippen molar-refractivity contribution in [2.45, 2.75) is 18.9 Å². The molecular formula is C13H16ClN3O2. The van der Waals surface area contributed by atoms with Gasteiger partial charge in [-0.05, 0) is 18.9 Å². The first-order chi connectivity index (χ1) is 9.15. The minimum absolute atomic E-state index is 0.130. The van der Waals surface area contributed by atoms with Crippen molar-refractivity contribution in [3.63, 3.8) is 0 Å². The molecule has 6 heteroatoms. The molecule has 2 fully saturated rings. The lowest BCUT2D eigenvalue weighted by Crippen LogP contribution is -2.47. The Kier molecular flexibility index (Phi) is 3.33. The quantitative estimate of drug-likeness (QED) is 0.914. The molecule has 2 aliphatic rings. The molecule has 0 amide bonds. The van der Waals surface area contributed by atoms with E-state index in [9.17, 15) is 4.79 Å². The molecule has 0 spiro atoms. The second-order valence-electron chi connectivity index (χ2n) is 5.09. The maximum absolute atomic E-state index is 10.8. The van der Waals surface area contributed by atoms with Crippen LogP contribution in [0.5, 0.6) is 0 Å². The van der Waals surface area contributed by atoms with Gasteiger partial charge in [0.05, 0.1) is 10.6 Å². The standard InChI is InChI=1S/C13H16ClN3O2/c14-11-7-9(13(18)19)8-15-12(11)17-5-3-16(4-6-17)10-1-2-10/h7-8,10H,1-6H2,(H,18,19). The van der Waals surface area contributed by atoms with Crippen molar-refractivity contribution >= 4 is 23.4 Å². The van der Waals surface area contributed by atoms with Gasteiger partial charge >= 0.3 is 5.97 Å². The number of nitrogens with zero attached hydrogens (tertiary/aromatic N) is 3. The van der Waals surface area contributed by atoms with E-state index < -0.39 is 5.97 Å². The first kappa shape index (κ1) is 12.7. The zero-order chi connectivity index (χ0) is 13.4. The van der Waals surface area contributed by atoms with Gasteiger partial charge in [-0.15, -0.1) is 0 Å². The SMILES string of the molecule is O=C(O)c1cnc(N2CCN(C3CC3)CC2)c(Cl)c1. The summed E-state index contributed by atoms with van der Waals surface area (Å²) in [7, 11) is 0. The lowest BCUT2D eigenvalue weighted by Gasteiger charge is -2.35. The van der Waals surface area contributed by atoms with E-state index in [0.717, 1.165) is 32.2 Å². The number of halogens is 1. The second-order valence-corrected chi connectivity index (χ2v) is 5.50. The van der Waals surface area contributed by atoms with Crippen LogP contribution in [0.2, 0.25) is 5.02 Å². The summed E-state index contributed by atoms with van der Waals surface area (Å²) in [5.41, 5.74) is 0.130. The predicted molar refractivity (Wildman–Crippen MR) is 73.0 cm³/mol. The van der Waals surface area contributed by atoms with Gasteiger partial charge in [-0.1, -0.05) is 11.6 Å². The number of aromatic nitrogens is 1. The van der Waals surface area contributed by atoms with E-state index in [1.807, 2.05) is 0 Å². The Morgan fingerprint density at radius 3 is 2.53 bits per heavy atom. The fourth-order valence-corrected chi connectivity index (χ4v) is 2.80. The van der Waals surface area contributed by atoms with Gasteiger partial charge in [0.1, 0.15) is 5.82 Å². The average molecular weight is 282 g/mol. The van der Waals surface area contributed by atoms with Gasteiger partial charge < -0.3 is 10.0 Å². The number of carbonyl (C=O) groups is 1. The molecule has 3 rings (SSSR count). The van der Waals surface area contributed by atoms with Crippen LogP contribution in [0.25, 0.3) is 0 Å². The molecule has 0 bridgehead atoms. The predicted octanol–water partition coefficient (Wildman–Crippen LogP) is 1.72. The number of hydrogen-bond acceptors (Lipinski definition) is 4. The zero-order valence-corrected chi connectivity index (χ0v) is 11.3. The van der Waals surface area contributed by atoms with Crippen LogP contribution >= 0.6 is 11.6 Å². The first-order valence-electron chi connectivity index (χ1n) is 6.53. The Morgan fingerprint density at radius 1 is 1.32 bits per heavy atom. The van der Waals surface area contributed by atoms with E-state index in [1.54, 1.807) is 0 Å². The van der Waals surface area contributed by atoms with Crippen LogP contribution in [0, 0.1) is 0 Å². The molecule has 1 N–H and O–H groups in total. The number of pyridine rings is 1. The van der Waals surface area contributed by atoms with E-state index in [2.05, 4.69) is 14.8 Å². The molecule has 1 aromatic heterocycles. The summed E-state index contributed by atoms with van der Waals surface area (Å²) in [5.74, 6) is -0.304. The summed E-state index contributed by atoms with van der Waals surface area (Å²) >= 11 is 6.14. The first-order valence-corrected chi connectivity index (χ1v) is 6.91. The molecule has 0 atom stereocenters. The average Bonchev–Trinajstić information content (AvgIpc) is 3.23. The zero-order valence-electron chi connectivity index (χ0n) is 10.5. The van der Waals surface area contributed by atoms with Gasteiger partial charge in [0.25, 0.3) is 0 Å².